The van der Waals surface area contributed by atoms with E-state index in [-0.39, 0.29) is 11.6 Å². The lowest BCUT2D eigenvalue weighted by Gasteiger charge is -2.15. The van der Waals surface area contributed by atoms with E-state index in [9.17, 15) is 9.59 Å². The van der Waals surface area contributed by atoms with E-state index in [1.54, 1.807) is 13.8 Å². The third kappa shape index (κ3) is 1.74. The molecular formula is C16H16O2. The summed E-state index contributed by atoms with van der Waals surface area (Å²) < 4.78 is 0. The maximum absolute atomic E-state index is 11.8. The van der Waals surface area contributed by atoms with Crippen LogP contribution in [0, 0.1) is 13.8 Å². The van der Waals surface area contributed by atoms with Crippen LogP contribution in [0.3, 0.4) is 0 Å². The molecule has 0 saturated heterocycles. The Labute approximate surface area is 107 Å². The van der Waals surface area contributed by atoms with E-state index in [4.69, 9.17) is 0 Å². The lowest BCUT2D eigenvalue weighted by Crippen LogP contribution is -2.06. The van der Waals surface area contributed by atoms with Crippen molar-refractivity contribution >= 4 is 22.3 Å². The second-order valence-corrected chi connectivity index (χ2v) is 4.66. The molecule has 0 amide bonds. The summed E-state index contributed by atoms with van der Waals surface area (Å²) in [5.74, 6) is 0.0869. The molecule has 0 fully saturated rings. The van der Waals surface area contributed by atoms with E-state index in [1.165, 1.54) is 0 Å². The van der Waals surface area contributed by atoms with Crippen LogP contribution in [-0.2, 0) is 0 Å². The van der Waals surface area contributed by atoms with Crippen LogP contribution < -0.4 is 0 Å². The molecule has 0 saturated carbocycles. The minimum absolute atomic E-state index is 0.0434. The molecule has 0 aromatic heterocycles. The fourth-order valence-electron chi connectivity index (χ4n) is 2.61. The van der Waals surface area contributed by atoms with E-state index in [2.05, 4.69) is 0 Å². The molecule has 0 aliphatic rings. The van der Waals surface area contributed by atoms with Crippen molar-refractivity contribution in [3.63, 3.8) is 0 Å². The van der Waals surface area contributed by atoms with Gasteiger partial charge in [0, 0.05) is 11.1 Å². The van der Waals surface area contributed by atoms with Gasteiger partial charge in [-0.3, -0.25) is 9.59 Å². The van der Waals surface area contributed by atoms with Crippen LogP contribution >= 0.6 is 0 Å². The van der Waals surface area contributed by atoms with Gasteiger partial charge in [0.2, 0.25) is 0 Å². The molecule has 2 heteroatoms. The zero-order valence-electron chi connectivity index (χ0n) is 11.1. The monoisotopic (exact) mass is 240 g/mol. The predicted octanol–water partition coefficient (Wildman–Crippen LogP) is 3.86. The van der Waals surface area contributed by atoms with Crippen molar-refractivity contribution in [2.24, 2.45) is 0 Å². The van der Waals surface area contributed by atoms with Gasteiger partial charge in [-0.2, -0.15) is 0 Å². The van der Waals surface area contributed by atoms with Crippen LogP contribution in [0.5, 0.6) is 0 Å². The summed E-state index contributed by atoms with van der Waals surface area (Å²) in [4.78, 5) is 23.7. The molecule has 0 N–H and O–H groups in total. The Hall–Kier alpha value is -1.96. The summed E-state index contributed by atoms with van der Waals surface area (Å²) in [6.45, 7) is 6.96. The average molecular weight is 240 g/mol. The minimum Gasteiger partial charge on any atom is -0.294 e. The fraction of sp³-hybridized carbons (Fsp3) is 0.250. The quantitative estimate of drug-likeness (QED) is 0.747. The van der Waals surface area contributed by atoms with E-state index >= 15 is 0 Å². The van der Waals surface area contributed by atoms with Crippen molar-refractivity contribution in [1.82, 2.24) is 0 Å². The third-order valence-corrected chi connectivity index (χ3v) is 3.48. The number of Topliss-reactive ketones (excluding diaryl/α,β-unsaturated/α-hetero) is 2. The van der Waals surface area contributed by atoms with Gasteiger partial charge in [-0.15, -0.1) is 0 Å². The molecular weight excluding hydrogens is 224 g/mol. The lowest BCUT2D eigenvalue weighted by molar-refractivity contribution is 0.100. The molecule has 0 radical (unpaired) electrons. The molecule has 2 nitrogen and oxygen atoms in total. The molecule has 0 bridgehead atoms. The number of hydrogen-bond acceptors (Lipinski definition) is 2. The van der Waals surface area contributed by atoms with E-state index in [0.717, 1.165) is 33.0 Å². The Morgan fingerprint density at radius 1 is 0.778 bits per heavy atom. The van der Waals surface area contributed by atoms with Gasteiger partial charge in [0.05, 0.1) is 0 Å². The van der Waals surface area contributed by atoms with Crippen molar-refractivity contribution < 1.29 is 9.59 Å². The normalized spacial score (nSPS) is 10.7. The molecule has 92 valence electrons. The summed E-state index contributed by atoms with van der Waals surface area (Å²) in [6, 6.07) is 7.61. The van der Waals surface area contributed by atoms with Crippen LogP contribution in [0.2, 0.25) is 0 Å². The molecule has 2 rings (SSSR count). The largest absolute Gasteiger partial charge is 0.294 e. The Balaban J connectivity index is 3.07. The first kappa shape index (κ1) is 12.5. The van der Waals surface area contributed by atoms with Crippen molar-refractivity contribution in [2.75, 3.05) is 0 Å². The van der Waals surface area contributed by atoms with Crippen LogP contribution in [0.25, 0.3) is 10.8 Å². The molecule has 2 aromatic rings. The Morgan fingerprint density at radius 2 is 1.11 bits per heavy atom. The van der Waals surface area contributed by atoms with Gasteiger partial charge in [-0.1, -0.05) is 24.3 Å². The summed E-state index contributed by atoms with van der Waals surface area (Å²) in [7, 11) is 0. The minimum atomic E-state index is 0.0434. The number of benzene rings is 2. The molecule has 0 aliphatic heterocycles. The van der Waals surface area contributed by atoms with Crippen molar-refractivity contribution in [1.29, 1.82) is 0 Å². The van der Waals surface area contributed by atoms with Gasteiger partial charge in [0.1, 0.15) is 0 Å². The highest BCUT2D eigenvalue weighted by Crippen LogP contribution is 2.30. The summed E-state index contributed by atoms with van der Waals surface area (Å²) in [5, 5.41) is 1.75. The van der Waals surface area contributed by atoms with Gasteiger partial charge in [0.15, 0.2) is 11.6 Å². The summed E-state index contributed by atoms with van der Waals surface area (Å²) >= 11 is 0. The number of carbonyl (C=O) groups is 2. The molecule has 0 spiro atoms. The summed E-state index contributed by atoms with van der Waals surface area (Å²) in [6.07, 6.45) is 0. The third-order valence-electron chi connectivity index (χ3n) is 3.48. The van der Waals surface area contributed by atoms with Gasteiger partial charge in [0.25, 0.3) is 0 Å². The molecule has 0 unspecified atom stereocenters. The Bertz CT molecular complexity index is 608. The number of rotatable bonds is 2. The standard InChI is InChI=1S/C16H16O2/c1-9-10(2)16(12(4)18)14-8-6-5-7-13(14)15(9)11(3)17/h5-8H,1-4H3. The Morgan fingerprint density at radius 3 is 1.39 bits per heavy atom. The van der Waals surface area contributed by atoms with Crippen LogP contribution in [0.4, 0.5) is 0 Å². The van der Waals surface area contributed by atoms with Gasteiger partial charge in [-0.05, 0) is 49.6 Å². The Kier molecular flexibility index (Phi) is 3.04. The van der Waals surface area contributed by atoms with Crippen molar-refractivity contribution in [3.05, 3.63) is 46.5 Å². The summed E-state index contributed by atoms with van der Waals surface area (Å²) in [5.41, 5.74) is 3.28. The maximum atomic E-state index is 11.8. The first-order valence-electron chi connectivity index (χ1n) is 5.99. The zero-order chi connectivity index (χ0) is 13.4. The first-order valence-corrected chi connectivity index (χ1v) is 5.99. The van der Waals surface area contributed by atoms with Gasteiger partial charge in [-0.25, -0.2) is 0 Å². The van der Waals surface area contributed by atoms with E-state index in [1.807, 2.05) is 38.1 Å². The smallest absolute Gasteiger partial charge is 0.160 e. The predicted molar refractivity (Wildman–Crippen MR) is 73.4 cm³/mol. The number of carbonyl (C=O) groups excluding carboxylic acids is 2. The second-order valence-electron chi connectivity index (χ2n) is 4.66. The number of hydrogen-bond donors (Lipinski definition) is 0. The number of fused-ring (bicyclic) bond motifs is 1. The average Bonchev–Trinajstić information content (AvgIpc) is 2.29. The number of ketones is 2. The van der Waals surface area contributed by atoms with Crippen LogP contribution in [0.1, 0.15) is 45.7 Å². The highest BCUT2D eigenvalue weighted by molar-refractivity contribution is 6.16. The van der Waals surface area contributed by atoms with Crippen molar-refractivity contribution in [2.45, 2.75) is 27.7 Å². The molecule has 0 aliphatic carbocycles. The van der Waals surface area contributed by atoms with Crippen LogP contribution in [-0.4, -0.2) is 11.6 Å². The molecule has 0 atom stereocenters. The highest BCUT2D eigenvalue weighted by atomic mass is 16.1. The maximum Gasteiger partial charge on any atom is 0.160 e. The lowest BCUT2D eigenvalue weighted by atomic mass is 9.87. The second kappa shape index (κ2) is 4.37. The topological polar surface area (TPSA) is 34.1 Å². The first-order chi connectivity index (χ1) is 8.45. The van der Waals surface area contributed by atoms with E-state index in [0.29, 0.717) is 0 Å². The molecule has 18 heavy (non-hydrogen) atoms. The SMILES string of the molecule is CC(=O)c1c(C)c(C)c(C(C)=O)c2ccccc12. The zero-order valence-corrected chi connectivity index (χ0v) is 11.1. The highest BCUT2D eigenvalue weighted by Gasteiger charge is 2.18. The van der Waals surface area contributed by atoms with Crippen molar-refractivity contribution in [3.8, 4) is 0 Å². The van der Waals surface area contributed by atoms with E-state index < -0.39 is 0 Å². The molecule has 2 aromatic carbocycles. The fourth-order valence-corrected chi connectivity index (χ4v) is 2.61. The van der Waals surface area contributed by atoms with Crippen LogP contribution in [0.15, 0.2) is 24.3 Å². The van der Waals surface area contributed by atoms with Gasteiger partial charge < -0.3 is 0 Å². The van der Waals surface area contributed by atoms with Gasteiger partial charge >= 0.3 is 0 Å². The molecule has 0 heterocycles.